The van der Waals surface area contributed by atoms with E-state index in [0.29, 0.717) is 18.0 Å². The number of hydrogen-bond donors (Lipinski definition) is 0. The first-order chi connectivity index (χ1) is 9.65. The van der Waals surface area contributed by atoms with Crippen molar-refractivity contribution in [2.75, 3.05) is 19.0 Å². The topological polar surface area (TPSA) is 46.6 Å². The molecule has 0 aliphatic carbocycles. The zero-order valence-electron chi connectivity index (χ0n) is 12.9. The summed E-state index contributed by atoms with van der Waals surface area (Å²) in [5, 5.41) is 0. The standard InChI is InChI=1S/C15H22ClNO3S/c1-11-5-6-14(7-12(11)2)21(18,19)17-9-13(8-16)20-15(3,4)10-17/h5-7,13H,8-10H2,1-4H3. The minimum atomic E-state index is -3.52. The molecule has 4 nitrogen and oxygen atoms in total. The Morgan fingerprint density at radius 1 is 1.33 bits per heavy atom. The predicted octanol–water partition coefficient (Wildman–Crippen LogP) is 2.71. The molecule has 1 atom stereocenters. The lowest BCUT2D eigenvalue weighted by Gasteiger charge is -2.41. The van der Waals surface area contributed by atoms with Gasteiger partial charge in [0.05, 0.1) is 16.6 Å². The van der Waals surface area contributed by atoms with Gasteiger partial charge in [-0.1, -0.05) is 6.07 Å². The summed E-state index contributed by atoms with van der Waals surface area (Å²) in [6, 6.07) is 5.23. The van der Waals surface area contributed by atoms with Crippen molar-refractivity contribution in [3.05, 3.63) is 29.3 Å². The van der Waals surface area contributed by atoms with Crippen LogP contribution in [0.3, 0.4) is 0 Å². The van der Waals surface area contributed by atoms with Crippen molar-refractivity contribution in [2.24, 2.45) is 0 Å². The lowest BCUT2D eigenvalue weighted by atomic mass is 10.1. The predicted molar refractivity (Wildman–Crippen MR) is 84.3 cm³/mol. The van der Waals surface area contributed by atoms with Gasteiger partial charge in [-0.3, -0.25) is 0 Å². The Balaban J connectivity index is 2.36. The molecule has 0 N–H and O–H groups in total. The van der Waals surface area contributed by atoms with Gasteiger partial charge in [-0.15, -0.1) is 11.6 Å². The maximum Gasteiger partial charge on any atom is 0.243 e. The first-order valence-electron chi connectivity index (χ1n) is 6.97. The lowest BCUT2D eigenvalue weighted by Crippen LogP contribution is -2.55. The van der Waals surface area contributed by atoms with Gasteiger partial charge in [0.2, 0.25) is 10.0 Å². The van der Waals surface area contributed by atoms with Gasteiger partial charge in [0.1, 0.15) is 0 Å². The third-order valence-electron chi connectivity index (χ3n) is 3.74. The highest BCUT2D eigenvalue weighted by Crippen LogP contribution is 2.27. The van der Waals surface area contributed by atoms with Gasteiger partial charge in [-0.05, 0) is 51.0 Å². The van der Waals surface area contributed by atoms with Gasteiger partial charge in [0.25, 0.3) is 0 Å². The van der Waals surface area contributed by atoms with Crippen LogP contribution in [-0.2, 0) is 14.8 Å². The van der Waals surface area contributed by atoms with E-state index >= 15 is 0 Å². The second-order valence-electron chi connectivity index (χ2n) is 6.20. The van der Waals surface area contributed by atoms with E-state index < -0.39 is 15.6 Å². The van der Waals surface area contributed by atoms with Crippen molar-refractivity contribution in [1.29, 1.82) is 0 Å². The van der Waals surface area contributed by atoms with Crippen LogP contribution in [0.2, 0.25) is 0 Å². The van der Waals surface area contributed by atoms with Crippen LogP contribution < -0.4 is 0 Å². The first-order valence-corrected chi connectivity index (χ1v) is 8.94. The summed E-state index contributed by atoms with van der Waals surface area (Å²) in [7, 11) is -3.52. The van der Waals surface area contributed by atoms with Crippen molar-refractivity contribution >= 4 is 21.6 Å². The monoisotopic (exact) mass is 331 g/mol. The maximum atomic E-state index is 12.8. The Morgan fingerprint density at radius 2 is 2.00 bits per heavy atom. The molecule has 1 unspecified atom stereocenters. The first kappa shape index (κ1) is 16.7. The molecule has 1 aliphatic rings. The number of ether oxygens (including phenoxy) is 1. The van der Waals surface area contributed by atoms with Crippen LogP contribution in [0.15, 0.2) is 23.1 Å². The SMILES string of the molecule is Cc1ccc(S(=O)(=O)N2CC(CCl)OC(C)(C)C2)cc1C. The van der Waals surface area contributed by atoms with Gasteiger partial charge in [-0.25, -0.2) is 8.42 Å². The molecule has 0 aromatic heterocycles. The third-order valence-corrected chi connectivity index (χ3v) is 5.89. The van der Waals surface area contributed by atoms with Crippen LogP contribution >= 0.6 is 11.6 Å². The van der Waals surface area contributed by atoms with E-state index in [1.807, 2.05) is 33.8 Å². The minimum Gasteiger partial charge on any atom is -0.368 e. The number of alkyl halides is 1. The second-order valence-corrected chi connectivity index (χ2v) is 8.44. The fraction of sp³-hybridized carbons (Fsp3) is 0.600. The molecule has 21 heavy (non-hydrogen) atoms. The summed E-state index contributed by atoms with van der Waals surface area (Å²) in [5.41, 5.74) is 1.51. The van der Waals surface area contributed by atoms with Crippen LogP contribution in [-0.4, -0.2) is 43.4 Å². The number of sulfonamides is 1. The van der Waals surface area contributed by atoms with E-state index in [1.54, 1.807) is 12.1 Å². The Kier molecular flexibility index (Phi) is 4.69. The normalized spacial score (nSPS) is 23.2. The number of rotatable bonds is 3. The van der Waals surface area contributed by atoms with E-state index in [2.05, 4.69) is 0 Å². The van der Waals surface area contributed by atoms with E-state index in [0.717, 1.165) is 11.1 Å². The van der Waals surface area contributed by atoms with Crippen molar-refractivity contribution in [2.45, 2.75) is 44.3 Å². The summed E-state index contributed by atoms with van der Waals surface area (Å²) in [6.45, 7) is 8.27. The highest BCUT2D eigenvalue weighted by Gasteiger charge is 2.39. The van der Waals surface area contributed by atoms with Crippen molar-refractivity contribution < 1.29 is 13.2 Å². The summed E-state index contributed by atoms with van der Waals surface area (Å²) < 4.78 is 32.9. The van der Waals surface area contributed by atoms with E-state index in [4.69, 9.17) is 16.3 Å². The summed E-state index contributed by atoms with van der Waals surface area (Å²) in [6.07, 6.45) is -0.281. The molecule has 1 aromatic carbocycles. The van der Waals surface area contributed by atoms with Gasteiger partial charge in [0, 0.05) is 19.0 Å². The summed E-state index contributed by atoms with van der Waals surface area (Å²) in [5.74, 6) is 0.280. The highest BCUT2D eigenvalue weighted by molar-refractivity contribution is 7.89. The molecule has 6 heteroatoms. The molecule has 118 valence electrons. The minimum absolute atomic E-state index is 0.280. The van der Waals surface area contributed by atoms with Crippen molar-refractivity contribution in [1.82, 2.24) is 4.31 Å². The number of morpholine rings is 1. The molecule has 1 heterocycles. The van der Waals surface area contributed by atoms with E-state index in [9.17, 15) is 8.42 Å². The fourth-order valence-electron chi connectivity index (χ4n) is 2.53. The molecular weight excluding hydrogens is 310 g/mol. The Bertz CT molecular complexity index is 628. The largest absolute Gasteiger partial charge is 0.368 e. The highest BCUT2D eigenvalue weighted by atomic mass is 35.5. The van der Waals surface area contributed by atoms with E-state index in [1.165, 1.54) is 4.31 Å². The quantitative estimate of drug-likeness (QED) is 0.800. The molecular formula is C15H22ClNO3S. The Labute approximate surface area is 132 Å². The molecule has 0 bridgehead atoms. The molecule has 0 saturated carbocycles. The molecule has 0 amide bonds. The Morgan fingerprint density at radius 3 is 2.57 bits per heavy atom. The number of hydrogen-bond acceptors (Lipinski definition) is 3. The van der Waals surface area contributed by atoms with Crippen LogP contribution in [0.1, 0.15) is 25.0 Å². The van der Waals surface area contributed by atoms with Crippen molar-refractivity contribution in [3.63, 3.8) is 0 Å². The molecule has 2 rings (SSSR count). The lowest BCUT2D eigenvalue weighted by molar-refractivity contribution is -0.107. The summed E-state index contributed by atoms with van der Waals surface area (Å²) in [4.78, 5) is 0.330. The van der Waals surface area contributed by atoms with Crippen LogP contribution in [0.4, 0.5) is 0 Å². The number of nitrogens with zero attached hydrogens (tertiary/aromatic N) is 1. The molecule has 1 aliphatic heterocycles. The van der Waals surface area contributed by atoms with E-state index in [-0.39, 0.29) is 12.0 Å². The summed E-state index contributed by atoms with van der Waals surface area (Å²) >= 11 is 5.87. The average Bonchev–Trinajstić information content (AvgIpc) is 2.39. The molecule has 1 aromatic rings. The zero-order valence-corrected chi connectivity index (χ0v) is 14.5. The van der Waals surface area contributed by atoms with Gasteiger partial charge >= 0.3 is 0 Å². The van der Waals surface area contributed by atoms with Gasteiger partial charge < -0.3 is 4.74 Å². The van der Waals surface area contributed by atoms with Crippen molar-refractivity contribution in [3.8, 4) is 0 Å². The zero-order chi connectivity index (χ0) is 15.8. The smallest absolute Gasteiger partial charge is 0.243 e. The van der Waals surface area contributed by atoms with Gasteiger partial charge in [0.15, 0.2) is 0 Å². The number of benzene rings is 1. The number of halogens is 1. The van der Waals surface area contributed by atoms with Crippen LogP contribution in [0, 0.1) is 13.8 Å². The average molecular weight is 332 g/mol. The van der Waals surface area contributed by atoms with Gasteiger partial charge in [-0.2, -0.15) is 4.31 Å². The fourth-order valence-corrected chi connectivity index (χ4v) is 4.40. The second kappa shape index (κ2) is 5.88. The van der Waals surface area contributed by atoms with Crippen LogP contribution in [0.25, 0.3) is 0 Å². The molecule has 1 fully saturated rings. The van der Waals surface area contributed by atoms with Crippen LogP contribution in [0.5, 0.6) is 0 Å². The molecule has 0 radical (unpaired) electrons. The molecule has 1 saturated heterocycles. The Hall–Kier alpha value is -0.620. The molecule has 0 spiro atoms. The number of aryl methyl sites for hydroxylation is 2. The maximum absolute atomic E-state index is 12.8. The third kappa shape index (κ3) is 3.59.